The molecule has 0 atom stereocenters. The Labute approximate surface area is 137 Å². The molecule has 1 N–H and O–H groups in total. The van der Waals surface area contributed by atoms with Crippen LogP contribution in [0.5, 0.6) is 5.75 Å². The molecule has 0 saturated heterocycles. The number of nitrogens with one attached hydrogen (secondary N) is 1. The van der Waals surface area contributed by atoms with Gasteiger partial charge in [-0.05, 0) is 30.9 Å². The lowest BCUT2D eigenvalue weighted by molar-refractivity contribution is 0.0947. The Morgan fingerprint density at radius 1 is 1.26 bits per heavy atom. The Hall–Kier alpha value is -1.97. The number of amides is 1. The molecule has 23 heavy (non-hydrogen) atoms. The molecule has 1 fully saturated rings. The van der Waals surface area contributed by atoms with Crippen LogP contribution in [0.25, 0.3) is 10.9 Å². The van der Waals surface area contributed by atoms with Crippen molar-refractivity contribution in [2.45, 2.75) is 38.5 Å². The van der Waals surface area contributed by atoms with Gasteiger partial charge in [0.1, 0.15) is 5.75 Å². The SMILES string of the molecule is COc1cccc2c1c(C(=O)NCC1CCCCCC1)cn2C. The Morgan fingerprint density at radius 3 is 2.70 bits per heavy atom. The quantitative estimate of drug-likeness (QED) is 0.870. The topological polar surface area (TPSA) is 43.3 Å². The fourth-order valence-electron chi connectivity index (χ4n) is 3.65. The van der Waals surface area contributed by atoms with Gasteiger partial charge in [0.2, 0.25) is 0 Å². The number of ether oxygens (including phenoxy) is 1. The van der Waals surface area contributed by atoms with Gasteiger partial charge in [-0.2, -0.15) is 0 Å². The van der Waals surface area contributed by atoms with Crippen molar-refractivity contribution in [2.75, 3.05) is 13.7 Å². The Kier molecular flexibility index (Phi) is 4.89. The average molecular weight is 314 g/mol. The van der Waals surface area contributed by atoms with E-state index in [1.807, 2.05) is 36.0 Å². The molecule has 1 heterocycles. The molecule has 1 amide bonds. The second kappa shape index (κ2) is 7.07. The van der Waals surface area contributed by atoms with Crippen molar-refractivity contribution in [3.63, 3.8) is 0 Å². The molecule has 2 aromatic rings. The van der Waals surface area contributed by atoms with Gasteiger partial charge in [0.25, 0.3) is 5.91 Å². The summed E-state index contributed by atoms with van der Waals surface area (Å²) in [6.07, 6.45) is 9.63. The van der Waals surface area contributed by atoms with E-state index in [9.17, 15) is 4.79 Å². The molecule has 1 aromatic carbocycles. The predicted molar refractivity (Wildman–Crippen MR) is 93.0 cm³/mol. The zero-order valence-electron chi connectivity index (χ0n) is 14.1. The highest BCUT2D eigenvalue weighted by atomic mass is 16.5. The smallest absolute Gasteiger partial charge is 0.253 e. The predicted octanol–water partition coefficient (Wildman–Crippen LogP) is 3.89. The van der Waals surface area contributed by atoms with E-state index < -0.39 is 0 Å². The summed E-state index contributed by atoms with van der Waals surface area (Å²) in [6.45, 7) is 0.782. The second-order valence-electron chi connectivity index (χ2n) is 6.58. The molecule has 1 aromatic heterocycles. The number of aryl methyl sites for hydroxylation is 1. The third-order valence-corrected chi connectivity index (χ3v) is 4.97. The van der Waals surface area contributed by atoms with Crippen LogP contribution in [0.4, 0.5) is 0 Å². The van der Waals surface area contributed by atoms with E-state index in [1.165, 1.54) is 38.5 Å². The standard InChI is InChI=1S/C19H26N2O2/c1-21-13-15(18-16(21)10-7-11-17(18)23-2)19(22)20-12-14-8-5-3-4-6-9-14/h7,10-11,13-14H,3-6,8-9,12H2,1-2H3,(H,20,22). The van der Waals surface area contributed by atoms with Gasteiger partial charge in [0.05, 0.1) is 23.6 Å². The molecule has 0 bridgehead atoms. The first-order valence-electron chi connectivity index (χ1n) is 8.61. The summed E-state index contributed by atoms with van der Waals surface area (Å²) >= 11 is 0. The lowest BCUT2D eigenvalue weighted by atomic mass is 10.0. The number of benzene rings is 1. The van der Waals surface area contributed by atoms with Crippen LogP contribution in [-0.2, 0) is 7.05 Å². The second-order valence-corrected chi connectivity index (χ2v) is 6.58. The molecule has 124 valence electrons. The van der Waals surface area contributed by atoms with E-state index in [4.69, 9.17) is 4.74 Å². The molecule has 4 nitrogen and oxygen atoms in total. The Balaban J connectivity index is 1.78. The maximum atomic E-state index is 12.7. The summed E-state index contributed by atoms with van der Waals surface area (Å²) in [7, 11) is 3.61. The van der Waals surface area contributed by atoms with Crippen molar-refractivity contribution in [2.24, 2.45) is 13.0 Å². The molecule has 1 aliphatic rings. The van der Waals surface area contributed by atoms with Crippen molar-refractivity contribution in [3.8, 4) is 5.75 Å². The Bertz CT molecular complexity index is 682. The number of nitrogens with zero attached hydrogens (tertiary/aromatic N) is 1. The van der Waals surface area contributed by atoms with Crippen molar-refractivity contribution < 1.29 is 9.53 Å². The van der Waals surface area contributed by atoms with Crippen LogP contribution in [0.15, 0.2) is 24.4 Å². The van der Waals surface area contributed by atoms with Gasteiger partial charge in [-0.15, -0.1) is 0 Å². The fraction of sp³-hybridized carbons (Fsp3) is 0.526. The van der Waals surface area contributed by atoms with Gasteiger partial charge in [-0.3, -0.25) is 4.79 Å². The van der Waals surface area contributed by atoms with Crippen molar-refractivity contribution in [3.05, 3.63) is 30.0 Å². The van der Waals surface area contributed by atoms with E-state index in [2.05, 4.69) is 5.32 Å². The van der Waals surface area contributed by atoms with Gasteiger partial charge >= 0.3 is 0 Å². The first-order valence-corrected chi connectivity index (χ1v) is 8.61. The van der Waals surface area contributed by atoms with E-state index in [1.54, 1.807) is 7.11 Å². The van der Waals surface area contributed by atoms with Crippen LogP contribution in [0.3, 0.4) is 0 Å². The first kappa shape index (κ1) is 15.9. The third kappa shape index (κ3) is 3.36. The maximum Gasteiger partial charge on any atom is 0.253 e. The zero-order valence-corrected chi connectivity index (χ0v) is 14.1. The number of hydrogen-bond donors (Lipinski definition) is 1. The molecule has 1 saturated carbocycles. The molecule has 1 aliphatic carbocycles. The van der Waals surface area contributed by atoms with Crippen LogP contribution < -0.4 is 10.1 Å². The average Bonchev–Trinajstić information content (AvgIpc) is 2.76. The highest BCUT2D eigenvalue weighted by Crippen LogP contribution is 2.30. The lowest BCUT2D eigenvalue weighted by Crippen LogP contribution is -2.29. The van der Waals surface area contributed by atoms with Crippen LogP contribution in [0.2, 0.25) is 0 Å². The summed E-state index contributed by atoms with van der Waals surface area (Å²) in [5, 5.41) is 4.04. The number of fused-ring (bicyclic) bond motifs is 1. The van der Waals surface area contributed by atoms with Crippen molar-refractivity contribution in [1.82, 2.24) is 9.88 Å². The summed E-state index contributed by atoms with van der Waals surface area (Å²) < 4.78 is 7.43. The number of carbonyl (C=O) groups excluding carboxylic acids is 1. The Morgan fingerprint density at radius 2 is 2.00 bits per heavy atom. The van der Waals surface area contributed by atoms with Crippen molar-refractivity contribution in [1.29, 1.82) is 0 Å². The number of rotatable bonds is 4. The molecule has 0 spiro atoms. The van der Waals surface area contributed by atoms with Crippen LogP contribution in [0.1, 0.15) is 48.9 Å². The minimum absolute atomic E-state index is 0.00402. The van der Waals surface area contributed by atoms with Gasteiger partial charge in [0, 0.05) is 19.8 Å². The number of aromatic nitrogens is 1. The van der Waals surface area contributed by atoms with Gasteiger partial charge in [-0.25, -0.2) is 0 Å². The summed E-state index contributed by atoms with van der Waals surface area (Å²) in [5.74, 6) is 1.38. The highest BCUT2D eigenvalue weighted by molar-refractivity contribution is 6.09. The highest BCUT2D eigenvalue weighted by Gasteiger charge is 2.19. The molecular formula is C19H26N2O2. The van der Waals surface area contributed by atoms with E-state index in [0.717, 1.165) is 23.2 Å². The molecular weight excluding hydrogens is 288 g/mol. The van der Waals surface area contributed by atoms with Gasteiger partial charge in [-0.1, -0.05) is 31.7 Å². The van der Waals surface area contributed by atoms with Gasteiger partial charge in [0.15, 0.2) is 0 Å². The molecule has 0 radical (unpaired) electrons. The molecule has 4 heteroatoms. The van der Waals surface area contributed by atoms with Gasteiger partial charge < -0.3 is 14.6 Å². The summed E-state index contributed by atoms with van der Waals surface area (Å²) in [6, 6.07) is 5.87. The lowest BCUT2D eigenvalue weighted by Gasteiger charge is -2.14. The summed E-state index contributed by atoms with van der Waals surface area (Å²) in [4.78, 5) is 12.7. The minimum Gasteiger partial charge on any atom is -0.496 e. The molecule has 0 unspecified atom stereocenters. The normalized spacial score (nSPS) is 16.3. The van der Waals surface area contributed by atoms with E-state index >= 15 is 0 Å². The number of methoxy groups -OCH3 is 1. The monoisotopic (exact) mass is 314 g/mol. The summed E-state index contributed by atoms with van der Waals surface area (Å²) in [5.41, 5.74) is 1.72. The van der Waals surface area contributed by atoms with Crippen molar-refractivity contribution >= 4 is 16.8 Å². The maximum absolute atomic E-state index is 12.7. The van der Waals surface area contributed by atoms with E-state index in [0.29, 0.717) is 11.5 Å². The number of hydrogen-bond acceptors (Lipinski definition) is 2. The first-order chi connectivity index (χ1) is 11.2. The van der Waals surface area contributed by atoms with Crippen LogP contribution in [-0.4, -0.2) is 24.1 Å². The van der Waals surface area contributed by atoms with E-state index in [-0.39, 0.29) is 5.91 Å². The third-order valence-electron chi connectivity index (χ3n) is 4.97. The number of carbonyl (C=O) groups is 1. The fourth-order valence-corrected chi connectivity index (χ4v) is 3.65. The van der Waals surface area contributed by atoms with Crippen LogP contribution >= 0.6 is 0 Å². The van der Waals surface area contributed by atoms with Crippen LogP contribution in [0, 0.1) is 5.92 Å². The molecule has 0 aliphatic heterocycles. The largest absolute Gasteiger partial charge is 0.496 e. The molecule has 3 rings (SSSR count). The minimum atomic E-state index is 0.00402. The zero-order chi connectivity index (χ0) is 16.2.